The van der Waals surface area contributed by atoms with Crippen LogP contribution in [-0.4, -0.2) is 33.4 Å². The molecule has 0 aliphatic heterocycles. The van der Waals surface area contributed by atoms with Crippen LogP contribution < -0.4 is 5.32 Å². The predicted molar refractivity (Wildman–Crippen MR) is 81.7 cm³/mol. The maximum absolute atomic E-state index is 9.52. The summed E-state index contributed by atoms with van der Waals surface area (Å²) in [6.45, 7) is 5.03. The van der Waals surface area contributed by atoms with E-state index in [2.05, 4.69) is 27.2 Å². The van der Waals surface area contributed by atoms with Crippen LogP contribution in [0.25, 0.3) is 0 Å². The summed E-state index contributed by atoms with van der Waals surface area (Å²) in [7, 11) is 0. The van der Waals surface area contributed by atoms with Gasteiger partial charge in [0.25, 0.3) is 0 Å². The third-order valence-electron chi connectivity index (χ3n) is 3.55. The Hall–Kier alpha value is -1.49. The molecule has 2 N–H and O–H groups in total. The van der Waals surface area contributed by atoms with Gasteiger partial charge in [-0.2, -0.15) is 4.98 Å². The summed E-state index contributed by atoms with van der Waals surface area (Å²) in [5.41, 5.74) is 2.13. The van der Waals surface area contributed by atoms with Crippen LogP contribution in [0.2, 0.25) is 0 Å². The molecule has 1 aromatic rings. The molecule has 0 amide bonds. The van der Waals surface area contributed by atoms with E-state index >= 15 is 0 Å². The number of nitrogens with zero attached hydrogens (tertiary/aromatic N) is 3. The number of aliphatic hydroxyl groups excluding tert-OH is 1. The molecule has 1 aliphatic rings. The number of rotatable bonds is 5. The molecule has 0 bridgehead atoms. The Kier molecular flexibility index (Phi) is 5.47. The lowest BCUT2D eigenvalue weighted by molar-refractivity contribution is 0.152. The van der Waals surface area contributed by atoms with Gasteiger partial charge in [0.2, 0.25) is 5.95 Å². The number of aliphatic imine (C=N–C) groups is 1. The van der Waals surface area contributed by atoms with E-state index in [0.29, 0.717) is 5.95 Å². The van der Waals surface area contributed by atoms with E-state index in [9.17, 15) is 5.11 Å². The molecule has 0 aromatic carbocycles. The van der Waals surface area contributed by atoms with Gasteiger partial charge in [0.15, 0.2) is 5.82 Å². The molecule has 2 rings (SSSR count). The Morgan fingerprint density at radius 2 is 2.15 bits per heavy atom. The lowest BCUT2D eigenvalue weighted by Crippen LogP contribution is -2.17. The van der Waals surface area contributed by atoms with E-state index in [1.165, 1.54) is 0 Å². The zero-order chi connectivity index (χ0) is 14.4. The van der Waals surface area contributed by atoms with Gasteiger partial charge in [-0.05, 0) is 39.0 Å². The fourth-order valence-electron chi connectivity index (χ4n) is 2.21. The molecule has 5 nitrogen and oxygen atoms in total. The maximum Gasteiger partial charge on any atom is 0.224 e. The molecule has 20 heavy (non-hydrogen) atoms. The van der Waals surface area contributed by atoms with Gasteiger partial charge in [-0.25, -0.2) is 9.98 Å². The number of hydrogen-bond donors (Lipinski definition) is 2. The normalized spacial score (nSPS) is 18.9. The minimum Gasteiger partial charge on any atom is -0.393 e. The Labute approximate surface area is 120 Å². The van der Waals surface area contributed by atoms with Crippen molar-refractivity contribution < 1.29 is 5.11 Å². The van der Waals surface area contributed by atoms with Crippen LogP contribution in [-0.2, 0) is 0 Å². The van der Waals surface area contributed by atoms with Gasteiger partial charge in [-0.15, -0.1) is 0 Å². The highest BCUT2D eigenvalue weighted by Crippen LogP contribution is 2.22. The summed E-state index contributed by atoms with van der Waals surface area (Å²) >= 11 is 0. The molecule has 0 unspecified atom stereocenters. The van der Waals surface area contributed by atoms with E-state index in [1.807, 2.05) is 13.1 Å². The fraction of sp³-hybridized carbons (Fsp3) is 0.667. The van der Waals surface area contributed by atoms with Crippen LogP contribution in [0.4, 0.5) is 11.8 Å². The third-order valence-corrected chi connectivity index (χ3v) is 3.55. The topological polar surface area (TPSA) is 70.4 Å². The average Bonchev–Trinajstić information content (AvgIpc) is 2.45. The van der Waals surface area contributed by atoms with E-state index in [4.69, 9.17) is 0 Å². The maximum atomic E-state index is 9.52. The van der Waals surface area contributed by atoms with Crippen molar-refractivity contribution in [2.45, 2.75) is 58.5 Å². The van der Waals surface area contributed by atoms with Gasteiger partial charge in [-0.1, -0.05) is 13.3 Å². The van der Waals surface area contributed by atoms with Gasteiger partial charge in [-0.3, -0.25) is 0 Å². The molecule has 5 heteroatoms. The Morgan fingerprint density at radius 1 is 1.40 bits per heavy atom. The second kappa shape index (κ2) is 7.33. The average molecular weight is 276 g/mol. The second-order valence-corrected chi connectivity index (χ2v) is 5.39. The van der Waals surface area contributed by atoms with Crippen LogP contribution in [0, 0.1) is 6.92 Å². The van der Waals surface area contributed by atoms with Crippen molar-refractivity contribution in [2.75, 3.05) is 11.9 Å². The summed E-state index contributed by atoms with van der Waals surface area (Å²) in [4.78, 5) is 13.4. The molecule has 0 saturated heterocycles. The zero-order valence-electron chi connectivity index (χ0n) is 12.4. The summed E-state index contributed by atoms with van der Waals surface area (Å²) < 4.78 is 0. The first kappa shape index (κ1) is 14.9. The highest BCUT2D eigenvalue weighted by atomic mass is 16.3. The summed E-state index contributed by atoms with van der Waals surface area (Å²) in [6, 6.07) is 0. The monoisotopic (exact) mass is 276 g/mol. The number of aliphatic hydroxyl groups is 1. The van der Waals surface area contributed by atoms with E-state index in [-0.39, 0.29) is 6.10 Å². The number of aryl methyl sites for hydroxylation is 1. The van der Waals surface area contributed by atoms with E-state index in [1.54, 1.807) is 0 Å². The van der Waals surface area contributed by atoms with Gasteiger partial charge >= 0.3 is 0 Å². The van der Waals surface area contributed by atoms with Crippen molar-refractivity contribution in [3.63, 3.8) is 0 Å². The molecule has 0 radical (unpaired) electrons. The minimum absolute atomic E-state index is 0.160. The first-order valence-electron chi connectivity index (χ1n) is 7.51. The van der Waals surface area contributed by atoms with Crippen molar-refractivity contribution in [1.82, 2.24) is 9.97 Å². The predicted octanol–water partition coefficient (Wildman–Crippen LogP) is 3.00. The standard InChI is InChI=1S/C15H24N4O/c1-3-4-9-16-15-17-10-11(2)14(19-15)18-12-5-7-13(20)8-6-12/h10,13,20H,3-9H2,1-2H3,(H,16,17,19). The second-order valence-electron chi connectivity index (χ2n) is 5.39. The number of anilines is 1. The molecule has 1 saturated carbocycles. The van der Waals surface area contributed by atoms with Crippen LogP contribution in [0.1, 0.15) is 51.0 Å². The Bertz CT molecular complexity index is 463. The largest absolute Gasteiger partial charge is 0.393 e. The van der Waals surface area contributed by atoms with Gasteiger partial charge in [0, 0.05) is 24.0 Å². The van der Waals surface area contributed by atoms with Crippen LogP contribution in [0.3, 0.4) is 0 Å². The summed E-state index contributed by atoms with van der Waals surface area (Å²) in [5, 5.41) is 12.7. The minimum atomic E-state index is -0.160. The molecule has 1 fully saturated rings. The molecule has 1 heterocycles. The van der Waals surface area contributed by atoms with Gasteiger partial charge in [0.1, 0.15) is 0 Å². The highest BCUT2D eigenvalue weighted by Gasteiger charge is 2.15. The van der Waals surface area contributed by atoms with Crippen molar-refractivity contribution in [2.24, 2.45) is 4.99 Å². The number of hydrogen-bond acceptors (Lipinski definition) is 5. The Balaban J connectivity index is 2.06. The number of nitrogens with one attached hydrogen (secondary N) is 1. The molecule has 0 atom stereocenters. The van der Waals surface area contributed by atoms with Gasteiger partial charge in [0.05, 0.1) is 6.10 Å². The molecule has 1 aliphatic carbocycles. The summed E-state index contributed by atoms with van der Waals surface area (Å²) in [5.74, 6) is 1.41. The third kappa shape index (κ3) is 4.27. The quantitative estimate of drug-likeness (QED) is 0.811. The Morgan fingerprint density at radius 3 is 2.85 bits per heavy atom. The smallest absolute Gasteiger partial charge is 0.224 e. The zero-order valence-corrected chi connectivity index (χ0v) is 12.4. The van der Waals surface area contributed by atoms with Crippen molar-refractivity contribution in [3.8, 4) is 0 Å². The fourth-order valence-corrected chi connectivity index (χ4v) is 2.21. The van der Waals surface area contributed by atoms with Crippen molar-refractivity contribution in [3.05, 3.63) is 11.8 Å². The lowest BCUT2D eigenvalue weighted by atomic mass is 9.96. The van der Waals surface area contributed by atoms with Crippen LogP contribution >= 0.6 is 0 Å². The molecule has 0 spiro atoms. The van der Waals surface area contributed by atoms with Crippen molar-refractivity contribution in [1.29, 1.82) is 0 Å². The highest BCUT2D eigenvalue weighted by molar-refractivity contribution is 5.87. The number of aromatic nitrogens is 2. The molecular weight excluding hydrogens is 252 g/mol. The first-order chi connectivity index (χ1) is 9.69. The lowest BCUT2D eigenvalue weighted by Gasteiger charge is -2.18. The molecule has 1 aromatic heterocycles. The van der Waals surface area contributed by atoms with Crippen molar-refractivity contribution >= 4 is 17.5 Å². The molecular formula is C15H24N4O. The van der Waals surface area contributed by atoms with Gasteiger partial charge < -0.3 is 10.4 Å². The van der Waals surface area contributed by atoms with Crippen LogP contribution in [0.15, 0.2) is 11.2 Å². The van der Waals surface area contributed by atoms with E-state index in [0.717, 1.165) is 62.2 Å². The first-order valence-corrected chi connectivity index (χ1v) is 7.51. The molecule has 110 valence electrons. The van der Waals surface area contributed by atoms with E-state index < -0.39 is 0 Å². The summed E-state index contributed by atoms with van der Waals surface area (Å²) in [6.07, 6.45) is 7.27. The number of unbranched alkanes of at least 4 members (excludes halogenated alkanes) is 1. The SMILES string of the molecule is CCCCNc1ncc(C)c(N=C2CCC(O)CC2)n1. The van der Waals surface area contributed by atoms with Crippen LogP contribution in [0.5, 0.6) is 0 Å².